The summed E-state index contributed by atoms with van der Waals surface area (Å²) in [6, 6.07) is 19.1. The van der Waals surface area contributed by atoms with Crippen LogP contribution >= 0.6 is 0 Å². The molecule has 0 saturated heterocycles. The topological polar surface area (TPSA) is 9.23 Å². The van der Waals surface area contributed by atoms with E-state index in [9.17, 15) is 0 Å². The van der Waals surface area contributed by atoms with Crippen molar-refractivity contribution < 1.29 is 4.74 Å². The van der Waals surface area contributed by atoms with Gasteiger partial charge in [0.2, 0.25) is 0 Å². The smallest absolute Gasteiger partial charge is 0.127 e. The molecular weight excluding hydrogens is 196 g/mol. The van der Waals surface area contributed by atoms with Crippen molar-refractivity contribution in [2.24, 2.45) is 0 Å². The number of hydrogen-bond acceptors (Lipinski definition) is 1. The fourth-order valence-corrected chi connectivity index (χ4v) is 1.61. The molecule has 2 rings (SSSR count). The molecule has 0 fully saturated rings. The zero-order valence-electron chi connectivity index (χ0n) is 9.44. The number of para-hydroxylation sites is 1. The Hall–Kier alpha value is -1.76. The molecule has 2 aromatic carbocycles. The Morgan fingerprint density at radius 1 is 1.06 bits per heavy atom. The van der Waals surface area contributed by atoms with Gasteiger partial charge < -0.3 is 4.74 Å². The van der Waals surface area contributed by atoms with Gasteiger partial charge in [-0.2, -0.15) is 0 Å². The fraction of sp³-hybridized carbons (Fsp3) is 0.200. The molecule has 0 unspecified atom stereocenters. The second-order valence-corrected chi connectivity index (χ2v) is 3.63. The van der Waals surface area contributed by atoms with Gasteiger partial charge in [0, 0.05) is 5.56 Å². The van der Waals surface area contributed by atoms with E-state index in [0.29, 0.717) is 0 Å². The van der Waals surface area contributed by atoms with Crippen LogP contribution in [-0.4, -0.2) is 6.61 Å². The second-order valence-electron chi connectivity index (χ2n) is 3.63. The molecule has 0 bridgehead atoms. The van der Waals surface area contributed by atoms with Crippen LogP contribution in [0.2, 0.25) is 0 Å². The van der Waals surface area contributed by atoms with Gasteiger partial charge in [0.1, 0.15) is 5.75 Å². The maximum absolute atomic E-state index is 5.73. The SMILES string of the molecule is CCCOc1ccccc1-c1cc[c]cc1. The molecule has 0 saturated carbocycles. The molecule has 1 nitrogen and oxygen atoms in total. The van der Waals surface area contributed by atoms with E-state index in [-0.39, 0.29) is 0 Å². The van der Waals surface area contributed by atoms with Crippen LogP contribution in [0.3, 0.4) is 0 Å². The van der Waals surface area contributed by atoms with E-state index in [4.69, 9.17) is 4.74 Å². The van der Waals surface area contributed by atoms with E-state index in [1.807, 2.05) is 42.5 Å². The zero-order valence-corrected chi connectivity index (χ0v) is 9.44. The van der Waals surface area contributed by atoms with Gasteiger partial charge in [0.25, 0.3) is 0 Å². The number of ether oxygens (including phenoxy) is 1. The molecule has 2 aromatic rings. The van der Waals surface area contributed by atoms with Crippen molar-refractivity contribution in [1.29, 1.82) is 0 Å². The van der Waals surface area contributed by atoms with Gasteiger partial charge in [-0.05, 0) is 24.1 Å². The third kappa shape index (κ3) is 2.43. The number of hydrogen-bond donors (Lipinski definition) is 0. The molecule has 0 N–H and O–H groups in total. The van der Waals surface area contributed by atoms with E-state index in [0.717, 1.165) is 24.3 Å². The van der Waals surface area contributed by atoms with Crippen LogP contribution in [-0.2, 0) is 0 Å². The van der Waals surface area contributed by atoms with Crippen molar-refractivity contribution in [3.8, 4) is 16.9 Å². The first-order chi connectivity index (χ1) is 7.92. The van der Waals surface area contributed by atoms with E-state index in [1.165, 1.54) is 5.56 Å². The van der Waals surface area contributed by atoms with Crippen LogP contribution in [0.4, 0.5) is 0 Å². The van der Waals surface area contributed by atoms with E-state index >= 15 is 0 Å². The predicted octanol–water partition coefficient (Wildman–Crippen LogP) is 3.94. The zero-order chi connectivity index (χ0) is 11.2. The lowest BCUT2D eigenvalue weighted by Gasteiger charge is -2.10. The fourth-order valence-electron chi connectivity index (χ4n) is 1.61. The first-order valence-electron chi connectivity index (χ1n) is 5.60. The molecule has 0 aliphatic carbocycles. The maximum Gasteiger partial charge on any atom is 0.127 e. The quantitative estimate of drug-likeness (QED) is 0.744. The minimum Gasteiger partial charge on any atom is -0.493 e. The van der Waals surface area contributed by atoms with Crippen molar-refractivity contribution in [2.75, 3.05) is 6.61 Å². The molecule has 1 heteroatoms. The van der Waals surface area contributed by atoms with E-state index in [1.54, 1.807) is 0 Å². The molecule has 0 atom stereocenters. The molecular formula is C15H15O. The Morgan fingerprint density at radius 2 is 1.81 bits per heavy atom. The Bertz CT molecular complexity index is 434. The molecule has 0 aliphatic rings. The molecule has 0 heterocycles. The summed E-state index contributed by atoms with van der Waals surface area (Å²) in [5.74, 6) is 0.954. The first kappa shape index (κ1) is 10.7. The Morgan fingerprint density at radius 3 is 2.56 bits per heavy atom. The highest BCUT2D eigenvalue weighted by atomic mass is 16.5. The molecule has 16 heavy (non-hydrogen) atoms. The Kier molecular flexibility index (Phi) is 3.60. The van der Waals surface area contributed by atoms with Gasteiger partial charge in [0.15, 0.2) is 0 Å². The highest BCUT2D eigenvalue weighted by molar-refractivity contribution is 5.70. The summed E-state index contributed by atoms with van der Waals surface area (Å²) in [6.07, 6.45) is 1.02. The summed E-state index contributed by atoms with van der Waals surface area (Å²) in [5, 5.41) is 0. The van der Waals surface area contributed by atoms with Gasteiger partial charge in [-0.25, -0.2) is 0 Å². The normalized spacial score (nSPS) is 10.1. The largest absolute Gasteiger partial charge is 0.493 e. The lowest BCUT2D eigenvalue weighted by atomic mass is 10.1. The van der Waals surface area contributed by atoms with Gasteiger partial charge in [-0.15, -0.1) is 0 Å². The summed E-state index contributed by atoms with van der Waals surface area (Å²) >= 11 is 0. The van der Waals surface area contributed by atoms with E-state index < -0.39 is 0 Å². The third-order valence-corrected chi connectivity index (χ3v) is 2.38. The summed E-state index contributed by atoms with van der Waals surface area (Å²) in [7, 11) is 0. The average Bonchev–Trinajstić information content (AvgIpc) is 2.38. The minimum absolute atomic E-state index is 0.760. The van der Waals surface area contributed by atoms with Crippen LogP contribution in [0.5, 0.6) is 5.75 Å². The Balaban J connectivity index is 2.33. The van der Waals surface area contributed by atoms with Crippen molar-refractivity contribution in [1.82, 2.24) is 0 Å². The monoisotopic (exact) mass is 211 g/mol. The molecule has 1 radical (unpaired) electrons. The summed E-state index contributed by atoms with van der Waals surface area (Å²) < 4.78 is 5.73. The molecule has 0 amide bonds. The molecule has 81 valence electrons. The van der Waals surface area contributed by atoms with Crippen molar-refractivity contribution in [2.45, 2.75) is 13.3 Å². The lowest BCUT2D eigenvalue weighted by molar-refractivity contribution is 0.318. The van der Waals surface area contributed by atoms with Gasteiger partial charge in [-0.3, -0.25) is 0 Å². The molecule has 0 spiro atoms. The minimum atomic E-state index is 0.760. The maximum atomic E-state index is 5.73. The first-order valence-corrected chi connectivity index (χ1v) is 5.60. The second kappa shape index (κ2) is 5.36. The summed E-state index contributed by atoms with van der Waals surface area (Å²) in [5.41, 5.74) is 2.32. The van der Waals surface area contributed by atoms with Gasteiger partial charge in [-0.1, -0.05) is 49.4 Å². The van der Waals surface area contributed by atoms with Crippen molar-refractivity contribution >= 4 is 0 Å². The van der Waals surface area contributed by atoms with Crippen LogP contribution in [0.1, 0.15) is 13.3 Å². The van der Waals surface area contributed by atoms with Crippen LogP contribution in [0, 0.1) is 6.07 Å². The average molecular weight is 211 g/mol. The summed E-state index contributed by atoms with van der Waals surface area (Å²) in [6.45, 7) is 2.87. The Labute approximate surface area is 96.7 Å². The van der Waals surface area contributed by atoms with Gasteiger partial charge >= 0.3 is 0 Å². The van der Waals surface area contributed by atoms with Gasteiger partial charge in [0.05, 0.1) is 6.61 Å². The number of rotatable bonds is 4. The lowest BCUT2D eigenvalue weighted by Crippen LogP contribution is -1.96. The van der Waals surface area contributed by atoms with E-state index in [2.05, 4.69) is 19.1 Å². The van der Waals surface area contributed by atoms with Crippen LogP contribution in [0.25, 0.3) is 11.1 Å². The van der Waals surface area contributed by atoms with Crippen LogP contribution in [0.15, 0.2) is 48.5 Å². The van der Waals surface area contributed by atoms with Crippen molar-refractivity contribution in [3.63, 3.8) is 0 Å². The molecule has 0 aromatic heterocycles. The molecule has 0 aliphatic heterocycles. The standard InChI is InChI=1S/C15H15O/c1-2-12-16-15-11-7-6-10-14(15)13-8-4-3-5-9-13/h4-11H,2,12H2,1H3. The van der Waals surface area contributed by atoms with Crippen molar-refractivity contribution in [3.05, 3.63) is 54.6 Å². The highest BCUT2D eigenvalue weighted by Crippen LogP contribution is 2.29. The van der Waals surface area contributed by atoms with Crippen LogP contribution < -0.4 is 4.74 Å². The number of benzene rings is 2. The third-order valence-electron chi connectivity index (χ3n) is 2.38. The summed E-state index contributed by atoms with van der Waals surface area (Å²) in [4.78, 5) is 0. The highest BCUT2D eigenvalue weighted by Gasteiger charge is 2.04. The predicted molar refractivity (Wildman–Crippen MR) is 66.5 cm³/mol.